The third-order valence-corrected chi connectivity index (χ3v) is 7.39. The molecule has 8 nitrogen and oxygen atoms in total. The van der Waals surface area contributed by atoms with E-state index in [0.717, 1.165) is 19.4 Å². The van der Waals surface area contributed by atoms with Gasteiger partial charge in [-0.1, -0.05) is 37.8 Å². The molecule has 10 heteroatoms. The molecule has 3 N–H and O–H groups in total. The topological polar surface area (TPSA) is 124 Å². The number of sulfone groups is 1. The number of hydrogen-bond donors (Lipinski definition) is 3. The van der Waals surface area contributed by atoms with Gasteiger partial charge in [0.15, 0.2) is 9.84 Å². The number of likely N-dealkylation sites (tertiary alicyclic amines) is 1. The lowest BCUT2D eigenvalue weighted by atomic mass is 9.88. The molecule has 172 valence electrons. The van der Waals surface area contributed by atoms with Crippen LogP contribution in [-0.4, -0.2) is 59.7 Å². The molecule has 2 aromatic carbocycles. The van der Waals surface area contributed by atoms with E-state index in [1.807, 2.05) is 35.2 Å². The van der Waals surface area contributed by atoms with Gasteiger partial charge in [-0.15, -0.1) is 0 Å². The van der Waals surface area contributed by atoms with Crippen molar-refractivity contribution in [3.05, 3.63) is 60.2 Å². The highest BCUT2D eigenvalue weighted by Crippen LogP contribution is 2.37. The maximum Gasteiger partial charge on any atom is 0.524 e. The minimum Gasteiger partial charge on any atom is -0.404 e. The summed E-state index contributed by atoms with van der Waals surface area (Å²) in [6.45, 7) is 1.46. The van der Waals surface area contributed by atoms with Crippen LogP contribution in [0, 0.1) is 5.92 Å². The normalized spacial score (nSPS) is 20.1. The number of aliphatic hydroxyl groups is 1. The molecule has 0 saturated carbocycles. The van der Waals surface area contributed by atoms with Gasteiger partial charge in [0.25, 0.3) is 0 Å². The number of aliphatic hydroxyl groups excluding tert-OH is 1. The van der Waals surface area contributed by atoms with Crippen LogP contribution in [0.1, 0.15) is 19.4 Å². The van der Waals surface area contributed by atoms with Crippen LogP contribution in [0.3, 0.4) is 0 Å². The van der Waals surface area contributed by atoms with E-state index >= 15 is 0 Å². The van der Waals surface area contributed by atoms with Crippen molar-refractivity contribution < 1.29 is 32.4 Å². The first kappa shape index (κ1) is 25.5. The van der Waals surface area contributed by atoms with Crippen molar-refractivity contribution >= 4 is 17.7 Å². The van der Waals surface area contributed by atoms with Crippen molar-refractivity contribution in [1.82, 2.24) is 4.90 Å². The fourth-order valence-corrected chi connectivity index (χ4v) is 5.30. The number of phosphoric ester groups is 1. The number of rotatable bonds is 8. The van der Waals surface area contributed by atoms with Crippen LogP contribution in [0.15, 0.2) is 59.5 Å². The summed E-state index contributed by atoms with van der Waals surface area (Å²) in [6, 6.07) is 15.0. The maximum absolute atomic E-state index is 12.6. The summed E-state index contributed by atoms with van der Waals surface area (Å²) in [7, 11) is -8.26. The molecule has 0 bridgehead atoms. The van der Waals surface area contributed by atoms with Crippen molar-refractivity contribution in [3.63, 3.8) is 0 Å². The standard InChI is InChI=1S/C20H26NO7PS.CH4/c22-20-15-21(11-10-17(20)14-16-4-2-1-3-5-16)12-13-30(26,27)19-8-6-18(7-9-19)28-29(23,24)25;/h1-9,17,20,22H,10-15H2,(H2,23,24,25);1H4/t17-,20-;/m1./s1. The summed E-state index contributed by atoms with van der Waals surface area (Å²) in [6.07, 6.45) is 1.09. The van der Waals surface area contributed by atoms with Crippen molar-refractivity contribution in [2.24, 2.45) is 5.92 Å². The molecule has 1 heterocycles. The van der Waals surface area contributed by atoms with Gasteiger partial charge in [-0.05, 0) is 55.1 Å². The Hall–Kier alpha value is -1.74. The zero-order chi connectivity index (χ0) is 21.8. The predicted molar refractivity (Wildman–Crippen MR) is 119 cm³/mol. The molecule has 1 aliphatic heterocycles. The molecule has 1 saturated heterocycles. The number of nitrogens with zero attached hydrogens (tertiary/aromatic N) is 1. The fourth-order valence-electron chi connectivity index (χ4n) is 3.62. The average molecular weight is 472 g/mol. The first-order valence-electron chi connectivity index (χ1n) is 9.65. The van der Waals surface area contributed by atoms with Gasteiger partial charge in [0, 0.05) is 13.1 Å². The van der Waals surface area contributed by atoms with E-state index in [-0.39, 0.29) is 29.7 Å². The number of phosphoric acid groups is 1. The Morgan fingerprint density at radius 1 is 1.06 bits per heavy atom. The minimum absolute atomic E-state index is 0. The van der Waals surface area contributed by atoms with Crippen molar-refractivity contribution in [2.45, 2.75) is 31.3 Å². The Morgan fingerprint density at radius 2 is 1.71 bits per heavy atom. The zero-order valence-corrected chi connectivity index (χ0v) is 18.1. The molecule has 0 spiro atoms. The van der Waals surface area contributed by atoms with Gasteiger partial charge in [-0.3, -0.25) is 14.7 Å². The van der Waals surface area contributed by atoms with Crippen LogP contribution in [0.25, 0.3) is 0 Å². The van der Waals surface area contributed by atoms with Gasteiger partial charge >= 0.3 is 7.82 Å². The third-order valence-electron chi connectivity index (χ3n) is 5.23. The van der Waals surface area contributed by atoms with Crippen LogP contribution in [0.5, 0.6) is 5.75 Å². The predicted octanol–water partition coefficient (Wildman–Crippen LogP) is 2.49. The summed E-state index contributed by atoms with van der Waals surface area (Å²) in [5, 5.41) is 10.5. The first-order chi connectivity index (χ1) is 14.1. The molecule has 1 fully saturated rings. The van der Waals surface area contributed by atoms with Gasteiger partial charge in [-0.2, -0.15) is 0 Å². The number of hydrogen-bond acceptors (Lipinski definition) is 6. The molecule has 0 unspecified atom stereocenters. The molecule has 3 rings (SSSR count). The summed E-state index contributed by atoms with van der Waals surface area (Å²) in [5.41, 5.74) is 1.18. The lowest BCUT2D eigenvalue weighted by Crippen LogP contribution is -2.46. The number of benzene rings is 2. The van der Waals surface area contributed by atoms with Gasteiger partial charge < -0.3 is 9.63 Å². The number of piperidine rings is 1. The maximum atomic E-state index is 12.6. The molecule has 0 radical (unpaired) electrons. The molecule has 31 heavy (non-hydrogen) atoms. The van der Waals surface area contributed by atoms with E-state index in [2.05, 4.69) is 4.52 Å². The van der Waals surface area contributed by atoms with E-state index in [9.17, 15) is 18.1 Å². The number of β-amino-alcohol motifs (C(OH)–C–C–N with tert-alkyl or cyclic N) is 1. The van der Waals surface area contributed by atoms with Crippen LogP contribution in [-0.2, 0) is 20.8 Å². The van der Waals surface area contributed by atoms with E-state index in [0.29, 0.717) is 13.1 Å². The Labute approximate surface area is 183 Å². The smallest absolute Gasteiger partial charge is 0.404 e. The van der Waals surface area contributed by atoms with Crippen LogP contribution in [0.4, 0.5) is 0 Å². The van der Waals surface area contributed by atoms with Crippen LogP contribution in [0.2, 0.25) is 0 Å². The summed E-state index contributed by atoms with van der Waals surface area (Å²) < 4.78 is 40.4. The molecule has 0 amide bonds. The quantitative estimate of drug-likeness (QED) is 0.502. The second kappa shape index (κ2) is 10.7. The minimum atomic E-state index is -4.69. The van der Waals surface area contributed by atoms with E-state index in [1.54, 1.807) is 0 Å². The van der Waals surface area contributed by atoms with Crippen molar-refractivity contribution in [2.75, 3.05) is 25.4 Å². The summed E-state index contributed by atoms with van der Waals surface area (Å²) >= 11 is 0. The fraction of sp³-hybridized carbons (Fsp3) is 0.429. The van der Waals surface area contributed by atoms with Crippen LogP contribution >= 0.6 is 7.82 Å². The van der Waals surface area contributed by atoms with Gasteiger partial charge in [0.05, 0.1) is 16.8 Å². The molecule has 1 aliphatic rings. The molecule has 0 aromatic heterocycles. The lowest BCUT2D eigenvalue weighted by Gasteiger charge is -2.36. The Balaban J connectivity index is 0.00000341. The lowest BCUT2D eigenvalue weighted by molar-refractivity contribution is 0.0245. The van der Waals surface area contributed by atoms with Crippen LogP contribution < -0.4 is 4.52 Å². The Bertz CT molecular complexity index is 977. The monoisotopic (exact) mass is 471 g/mol. The second-order valence-electron chi connectivity index (χ2n) is 7.48. The van der Waals surface area contributed by atoms with Gasteiger partial charge in [0.1, 0.15) is 5.75 Å². The van der Waals surface area contributed by atoms with E-state index in [1.165, 1.54) is 29.8 Å². The Morgan fingerprint density at radius 3 is 2.29 bits per heavy atom. The average Bonchev–Trinajstić information content (AvgIpc) is 2.68. The molecule has 2 aromatic rings. The molecule has 0 aliphatic carbocycles. The highest BCUT2D eigenvalue weighted by atomic mass is 32.2. The third kappa shape index (κ3) is 7.71. The SMILES string of the molecule is C.O=P(O)(O)Oc1ccc(S(=O)(=O)CCN2CC[C@H](Cc3ccccc3)[C@H](O)C2)cc1. The second-order valence-corrected chi connectivity index (χ2v) is 10.8. The zero-order valence-electron chi connectivity index (χ0n) is 16.4. The van der Waals surface area contributed by atoms with Crippen molar-refractivity contribution in [1.29, 1.82) is 0 Å². The summed E-state index contributed by atoms with van der Waals surface area (Å²) in [4.78, 5) is 19.6. The van der Waals surface area contributed by atoms with E-state index in [4.69, 9.17) is 9.79 Å². The van der Waals surface area contributed by atoms with Crippen molar-refractivity contribution in [3.8, 4) is 5.75 Å². The molecular formula is C21H30NO7PS. The first-order valence-corrected chi connectivity index (χ1v) is 12.8. The highest BCUT2D eigenvalue weighted by Gasteiger charge is 2.28. The Kier molecular flexibility index (Phi) is 8.83. The summed E-state index contributed by atoms with van der Waals surface area (Å²) in [5.74, 6) is -0.0605. The highest BCUT2D eigenvalue weighted by molar-refractivity contribution is 7.91. The molecule has 2 atom stereocenters. The van der Waals surface area contributed by atoms with Gasteiger partial charge in [-0.25, -0.2) is 13.0 Å². The van der Waals surface area contributed by atoms with Gasteiger partial charge in [0.2, 0.25) is 0 Å². The van der Waals surface area contributed by atoms with E-state index < -0.39 is 23.8 Å². The molecular weight excluding hydrogens is 441 g/mol. The largest absolute Gasteiger partial charge is 0.524 e.